The first-order valence-corrected chi connectivity index (χ1v) is 9.58. The smallest absolute Gasteiger partial charge is 0.230 e. The lowest BCUT2D eigenvalue weighted by Crippen LogP contribution is -2.28. The molecule has 1 N–H and O–H groups in total. The Morgan fingerprint density at radius 2 is 1.96 bits per heavy atom. The molecule has 1 heterocycles. The van der Waals surface area contributed by atoms with Crippen molar-refractivity contribution in [3.8, 4) is 5.69 Å². The molecule has 3 aromatic rings. The predicted octanol–water partition coefficient (Wildman–Crippen LogP) is 3.99. The molecular weight excluding hydrogens is 363 g/mol. The fourth-order valence-electron chi connectivity index (χ4n) is 2.81. The summed E-state index contributed by atoms with van der Waals surface area (Å²) in [5.41, 5.74) is 4.15. The molecule has 1 atom stereocenters. The molecule has 2 aromatic carbocycles. The molecule has 140 valence electrons. The minimum atomic E-state index is -0.293. The quantitative estimate of drug-likeness (QED) is 0.653. The third kappa shape index (κ3) is 4.74. The maximum Gasteiger partial charge on any atom is 0.230 e. The summed E-state index contributed by atoms with van der Waals surface area (Å²) in [5.74, 6) is -0.194. The fourth-order valence-corrected chi connectivity index (χ4v) is 3.54. The first kappa shape index (κ1) is 19.1. The zero-order valence-corrected chi connectivity index (χ0v) is 16.3. The number of amides is 1. The van der Waals surface area contributed by atoms with Gasteiger partial charge in [-0.25, -0.2) is 4.39 Å². The van der Waals surface area contributed by atoms with Gasteiger partial charge in [0, 0.05) is 0 Å². The molecule has 0 saturated carbocycles. The highest BCUT2D eigenvalue weighted by molar-refractivity contribution is 7.99. The molecule has 0 bridgehead atoms. The number of rotatable bonds is 6. The van der Waals surface area contributed by atoms with Crippen molar-refractivity contribution >= 4 is 17.7 Å². The Labute approximate surface area is 162 Å². The second kappa shape index (κ2) is 8.35. The molecule has 0 radical (unpaired) electrons. The fraction of sp³-hybridized carbons (Fsp3) is 0.250. The molecule has 0 aliphatic rings. The first-order valence-electron chi connectivity index (χ1n) is 8.59. The topological polar surface area (TPSA) is 59.8 Å². The van der Waals surface area contributed by atoms with Crippen LogP contribution in [0.25, 0.3) is 5.69 Å². The molecule has 0 fully saturated rings. The van der Waals surface area contributed by atoms with Crippen LogP contribution in [0.5, 0.6) is 0 Å². The number of carbonyl (C=O) groups is 1. The van der Waals surface area contributed by atoms with Crippen molar-refractivity contribution in [2.45, 2.75) is 32.0 Å². The number of carbonyl (C=O) groups excluding carboxylic acids is 1. The van der Waals surface area contributed by atoms with Crippen molar-refractivity contribution in [1.29, 1.82) is 0 Å². The molecule has 0 aliphatic carbocycles. The average Bonchev–Trinajstić information content (AvgIpc) is 3.09. The maximum atomic E-state index is 13.0. The van der Waals surface area contributed by atoms with Crippen LogP contribution in [0, 0.1) is 19.7 Å². The lowest BCUT2D eigenvalue weighted by atomic mass is 10.1. The van der Waals surface area contributed by atoms with E-state index in [4.69, 9.17) is 0 Å². The van der Waals surface area contributed by atoms with Crippen LogP contribution in [0.3, 0.4) is 0 Å². The third-order valence-corrected chi connectivity index (χ3v) is 5.15. The minimum Gasteiger partial charge on any atom is -0.349 e. The standard InChI is InChI=1S/C20H21FN4OS/c1-13-4-9-18(14(2)10-13)25-12-22-24-20(25)27-11-19(26)23-15(3)16-5-7-17(21)8-6-16/h4-10,12,15H,11H2,1-3H3,(H,23,26). The number of halogens is 1. The van der Waals surface area contributed by atoms with Gasteiger partial charge in [0.1, 0.15) is 12.1 Å². The molecule has 7 heteroatoms. The van der Waals surface area contributed by atoms with E-state index in [1.54, 1.807) is 18.5 Å². The van der Waals surface area contributed by atoms with E-state index in [1.165, 1.54) is 29.5 Å². The molecule has 1 aromatic heterocycles. The van der Waals surface area contributed by atoms with E-state index >= 15 is 0 Å². The third-order valence-electron chi connectivity index (χ3n) is 4.21. The number of nitrogens with one attached hydrogen (secondary N) is 1. The van der Waals surface area contributed by atoms with Gasteiger partial charge >= 0.3 is 0 Å². The summed E-state index contributed by atoms with van der Waals surface area (Å²) in [6.07, 6.45) is 1.65. The van der Waals surface area contributed by atoms with E-state index < -0.39 is 0 Å². The van der Waals surface area contributed by atoms with Gasteiger partial charge in [-0.1, -0.05) is 41.6 Å². The van der Waals surface area contributed by atoms with Crippen molar-refractivity contribution < 1.29 is 9.18 Å². The van der Waals surface area contributed by atoms with Crippen LogP contribution in [0.15, 0.2) is 53.9 Å². The van der Waals surface area contributed by atoms with Crippen LogP contribution in [-0.4, -0.2) is 26.4 Å². The Kier molecular flexibility index (Phi) is 5.91. The number of aryl methyl sites for hydroxylation is 2. The number of aromatic nitrogens is 3. The monoisotopic (exact) mass is 384 g/mol. The molecule has 3 rings (SSSR count). The highest BCUT2D eigenvalue weighted by atomic mass is 32.2. The van der Waals surface area contributed by atoms with Gasteiger partial charge in [0.2, 0.25) is 5.91 Å². The average molecular weight is 384 g/mol. The number of nitrogens with zero attached hydrogens (tertiary/aromatic N) is 3. The van der Waals surface area contributed by atoms with Crippen LogP contribution in [0.2, 0.25) is 0 Å². The van der Waals surface area contributed by atoms with Gasteiger partial charge in [-0.2, -0.15) is 0 Å². The summed E-state index contributed by atoms with van der Waals surface area (Å²) in [7, 11) is 0. The van der Waals surface area contributed by atoms with Crippen molar-refractivity contribution in [1.82, 2.24) is 20.1 Å². The van der Waals surface area contributed by atoms with Crippen molar-refractivity contribution in [2.75, 3.05) is 5.75 Å². The second-order valence-corrected chi connectivity index (χ2v) is 7.35. The summed E-state index contributed by atoms with van der Waals surface area (Å²) in [4.78, 5) is 12.3. The van der Waals surface area contributed by atoms with Crippen LogP contribution in [-0.2, 0) is 4.79 Å². The maximum absolute atomic E-state index is 13.0. The molecule has 0 spiro atoms. The van der Waals surface area contributed by atoms with Gasteiger partial charge in [-0.15, -0.1) is 10.2 Å². The van der Waals surface area contributed by atoms with E-state index in [-0.39, 0.29) is 23.5 Å². The van der Waals surface area contributed by atoms with E-state index in [2.05, 4.69) is 21.6 Å². The SMILES string of the molecule is Cc1ccc(-n2cnnc2SCC(=O)NC(C)c2ccc(F)cc2)c(C)c1. The van der Waals surface area contributed by atoms with Crippen molar-refractivity contribution in [3.05, 3.63) is 71.3 Å². The lowest BCUT2D eigenvalue weighted by Gasteiger charge is -2.14. The van der Waals surface area contributed by atoms with E-state index in [0.29, 0.717) is 5.16 Å². The highest BCUT2D eigenvalue weighted by Gasteiger charge is 2.14. The summed E-state index contributed by atoms with van der Waals surface area (Å²) in [5, 5.41) is 11.7. The zero-order chi connectivity index (χ0) is 19.4. The number of thioether (sulfide) groups is 1. The van der Waals surface area contributed by atoms with Crippen molar-refractivity contribution in [3.63, 3.8) is 0 Å². The minimum absolute atomic E-state index is 0.119. The molecule has 0 aliphatic heterocycles. The number of hydrogen-bond acceptors (Lipinski definition) is 4. The van der Waals surface area contributed by atoms with Gasteiger partial charge in [-0.3, -0.25) is 9.36 Å². The Morgan fingerprint density at radius 1 is 1.22 bits per heavy atom. The van der Waals surface area contributed by atoms with Crippen LogP contribution in [0.1, 0.15) is 29.7 Å². The summed E-state index contributed by atoms with van der Waals surface area (Å²) in [6.45, 7) is 5.95. The van der Waals surface area contributed by atoms with Gasteiger partial charge in [0.15, 0.2) is 5.16 Å². The van der Waals surface area contributed by atoms with Gasteiger partial charge in [-0.05, 0) is 50.1 Å². The number of hydrogen-bond donors (Lipinski definition) is 1. The summed E-state index contributed by atoms with van der Waals surface area (Å²) < 4.78 is 14.9. The first-order chi connectivity index (χ1) is 12.9. The lowest BCUT2D eigenvalue weighted by molar-refractivity contribution is -0.119. The Hall–Kier alpha value is -2.67. The summed E-state index contributed by atoms with van der Waals surface area (Å²) in [6, 6.07) is 12.1. The van der Waals surface area contributed by atoms with E-state index in [0.717, 1.165) is 16.8 Å². The Balaban J connectivity index is 1.63. The number of benzene rings is 2. The Bertz CT molecular complexity index is 939. The summed E-state index contributed by atoms with van der Waals surface area (Å²) >= 11 is 1.33. The molecule has 5 nitrogen and oxygen atoms in total. The van der Waals surface area contributed by atoms with Crippen LogP contribution < -0.4 is 5.32 Å². The van der Waals surface area contributed by atoms with Gasteiger partial charge < -0.3 is 5.32 Å². The van der Waals surface area contributed by atoms with E-state index in [9.17, 15) is 9.18 Å². The second-order valence-electron chi connectivity index (χ2n) is 6.40. The van der Waals surface area contributed by atoms with Crippen LogP contribution >= 0.6 is 11.8 Å². The molecular formula is C20H21FN4OS. The normalized spacial score (nSPS) is 12.0. The largest absolute Gasteiger partial charge is 0.349 e. The van der Waals surface area contributed by atoms with Crippen molar-refractivity contribution in [2.24, 2.45) is 0 Å². The van der Waals surface area contributed by atoms with Gasteiger partial charge in [0.05, 0.1) is 17.5 Å². The van der Waals surface area contributed by atoms with Crippen LogP contribution in [0.4, 0.5) is 4.39 Å². The zero-order valence-electron chi connectivity index (χ0n) is 15.4. The van der Waals surface area contributed by atoms with E-state index in [1.807, 2.05) is 37.5 Å². The van der Waals surface area contributed by atoms with Gasteiger partial charge in [0.25, 0.3) is 0 Å². The molecule has 0 saturated heterocycles. The molecule has 27 heavy (non-hydrogen) atoms. The predicted molar refractivity (Wildman–Crippen MR) is 105 cm³/mol. The molecule has 1 amide bonds. The molecule has 1 unspecified atom stereocenters. The Morgan fingerprint density at radius 3 is 2.67 bits per heavy atom. The highest BCUT2D eigenvalue weighted by Crippen LogP contribution is 2.23.